The second-order valence-corrected chi connectivity index (χ2v) is 7.83. The maximum absolute atomic E-state index is 10.5. The van der Waals surface area contributed by atoms with Crippen LogP contribution in [0.2, 0.25) is 0 Å². The third-order valence-electron chi connectivity index (χ3n) is 4.82. The Balaban J connectivity index is 1.50. The van der Waals surface area contributed by atoms with Crippen molar-refractivity contribution in [1.82, 2.24) is 9.80 Å². The molecule has 0 saturated carbocycles. The molecule has 1 N–H and O–H groups in total. The first-order chi connectivity index (χ1) is 13.2. The first-order valence-electron chi connectivity index (χ1n) is 9.61. The molecule has 3 rings (SSSR count). The van der Waals surface area contributed by atoms with Gasteiger partial charge >= 0.3 is 0 Å². The van der Waals surface area contributed by atoms with Gasteiger partial charge in [-0.3, -0.25) is 9.80 Å². The standard InChI is InChI=1S/C21H30N2O3S/c1-18-4-2-3-5-21(18)26-16-20(24)15-23(14-19-6-13-27-17-19)8-7-22-9-11-25-12-10-22/h2-6,13,17,20,24H,7-12,14-16H2,1H3. The summed E-state index contributed by atoms with van der Waals surface area (Å²) in [7, 11) is 0. The van der Waals surface area contributed by atoms with Crippen LogP contribution in [-0.2, 0) is 11.3 Å². The van der Waals surface area contributed by atoms with Crippen molar-refractivity contribution in [2.24, 2.45) is 0 Å². The van der Waals surface area contributed by atoms with E-state index in [2.05, 4.69) is 26.6 Å². The van der Waals surface area contributed by atoms with Crippen molar-refractivity contribution in [3.63, 3.8) is 0 Å². The molecular weight excluding hydrogens is 360 g/mol. The summed E-state index contributed by atoms with van der Waals surface area (Å²) in [6, 6.07) is 10.1. The molecule has 148 valence electrons. The lowest BCUT2D eigenvalue weighted by atomic mass is 10.2. The number of hydrogen-bond acceptors (Lipinski definition) is 6. The maximum Gasteiger partial charge on any atom is 0.122 e. The number of rotatable bonds is 10. The average Bonchev–Trinajstić information content (AvgIpc) is 3.19. The predicted molar refractivity (Wildman–Crippen MR) is 110 cm³/mol. The molecule has 27 heavy (non-hydrogen) atoms. The number of ether oxygens (including phenoxy) is 2. The number of morpholine rings is 1. The molecule has 0 aliphatic carbocycles. The van der Waals surface area contributed by atoms with Crippen molar-refractivity contribution in [2.45, 2.75) is 19.6 Å². The van der Waals surface area contributed by atoms with Crippen molar-refractivity contribution in [2.75, 3.05) is 52.5 Å². The Bertz CT molecular complexity index is 659. The molecule has 0 bridgehead atoms. The van der Waals surface area contributed by atoms with Gasteiger partial charge in [0.15, 0.2) is 0 Å². The van der Waals surface area contributed by atoms with Gasteiger partial charge in [-0.15, -0.1) is 0 Å². The highest BCUT2D eigenvalue weighted by molar-refractivity contribution is 7.07. The number of aryl methyl sites for hydroxylation is 1. The fourth-order valence-electron chi connectivity index (χ4n) is 3.24. The second-order valence-electron chi connectivity index (χ2n) is 7.05. The Morgan fingerprint density at radius 3 is 2.81 bits per heavy atom. The van der Waals surface area contributed by atoms with E-state index in [4.69, 9.17) is 9.47 Å². The first kappa shape index (κ1) is 20.3. The lowest BCUT2D eigenvalue weighted by molar-refractivity contribution is 0.0255. The van der Waals surface area contributed by atoms with Crippen LogP contribution in [0.5, 0.6) is 5.75 Å². The van der Waals surface area contributed by atoms with Crippen molar-refractivity contribution in [1.29, 1.82) is 0 Å². The SMILES string of the molecule is Cc1ccccc1OCC(O)CN(CCN1CCOCC1)Cc1ccsc1. The van der Waals surface area contributed by atoms with Crippen LogP contribution >= 0.6 is 11.3 Å². The zero-order valence-corrected chi connectivity index (χ0v) is 16.9. The van der Waals surface area contributed by atoms with Crippen LogP contribution < -0.4 is 4.74 Å². The van der Waals surface area contributed by atoms with Crippen LogP contribution in [0.1, 0.15) is 11.1 Å². The van der Waals surface area contributed by atoms with Crippen LogP contribution in [0.4, 0.5) is 0 Å². The summed E-state index contributed by atoms with van der Waals surface area (Å²) < 4.78 is 11.3. The fraction of sp³-hybridized carbons (Fsp3) is 0.524. The van der Waals surface area contributed by atoms with Crippen molar-refractivity contribution in [3.05, 3.63) is 52.2 Å². The third-order valence-corrected chi connectivity index (χ3v) is 5.55. The molecule has 2 aromatic rings. The lowest BCUT2D eigenvalue weighted by Gasteiger charge is -2.31. The van der Waals surface area contributed by atoms with Gasteiger partial charge in [-0.1, -0.05) is 18.2 Å². The smallest absolute Gasteiger partial charge is 0.122 e. The van der Waals surface area contributed by atoms with E-state index in [0.29, 0.717) is 13.2 Å². The minimum atomic E-state index is -0.520. The van der Waals surface area contributed by atoms with Crippen LogP contribution in [0.3, 0.4) is 0 Å². The lowest BCUT2D eigenvalue weighted by Crippen LogP contribution is -2.43. The minimum absolute atomic E-state index is 0.308. The predicted octanol–water partition coefficient (Wildman–Crippen LogP) is 2.63. The van der Waals surface area contributed by atoms with Crippen molar-refractivity contribution >= 4 is 11.3 Å². The molecule has 2 heterocycles. The molecule has 0 radical (unpaired) electrons. The molecular formula is C21H30N2O3S. The number of hydrogen-bond donors (Lipinski definition) is 1. The van der Waals surface area contributed by atoms with Gasteiger partial charge in [0.2, 0.25) is 0 Å². The summed E-state index contributed by atoms with van der Waals surface area (Å²) in [4.78, 5) is 4.75. The average molecular weight is 391 g/mol. The Morgan fingerprint density at radius 1 is 1.26 bits per heavy atom. The summed E-state index contributed by atoms with van der Waals surface area (Å²) >= 11 is 1.71. The number of nitrogens with zero attached hydrogens (tertiary/aromatic N) is 2. The summed E-state index contributed by atoms with van der Waals surface area (Å²) in [5.41, 5.74) is 2.39. The second kappa shape index (κ2) is 10.8. The Hall–Kier alpha value is -1.44. The number of aliphatic hydroxyl groups is 1. The van der Waals surface area contributed by atoms with E-state index < -0.39 is 6.10 Å². The monoisotopic (exact) mass is 390 g/mol. The molecule has 1 saturated heterocycles. The van der Waals surface area contributed by atoms with E-state index in [0.717, 1.165) is 57.3 Å². The molecule has 1 aliphatic rings. The molecule has 1 aliphatic heterocycles. The van der Waals surface area contributed by atoms with Crippen LogP contribution in [0.15, 0.2) is 41.1 Å². The summed E-state index contributed by atoms with van der Waals surface area (Å²) in [6.07, 6.45) is -0.520. The van der Waals surface area contributed by atoms with E-state index in [-0.39, 0.29) is 0 Å². The van der Waals surface area contributed by atoms with Gasteiger partial charge in [-0.2, -0.15) is 11.3 Å². The molecule has 6 heteroatoms. The quantitative estimate of drug-likeness (QED) is 0.676. The Morgan fingerprint density at radius 2 is 2.07 bits per heavy atom. The summed E-state index contributed by atoms with van der Waals surface area (Å²) in [5.74, 6) is 0.842. The molecule has 5 nitrogen and oxygen atoms in total. The van der Waals surface area contributed by atoms with Crippen LogP contribution in [0, 0.1) is 6.92 Å². The van der Waals surface area contributed by atoms with Gasteiger partial charge in [0.25, 0.3) is 0 Å². The summed E-state index contributed by atoms with van der Waals surface area (Å²) in [5, 5.41) is 14.8. The highest BCUT2D eigenvalue weighted by Gasteiger charge is 2.16. The Kier molecular flexibility index (Phi) is 8.10. The van der Waals surface area contributed by atoms with E-state index in [1.807, 2.05) is 31.2 Å². The zero-order chi connectivity index (χ0) is 18.9. The molecule has 1 aromatic heterocycles. The van der Waals surface area contributed by atoms with Gasteiger partial charge in [0.1, 0.15) is 18.5 Å². The van der Waals surface area contributed by atoms with E-state index in [9.17, 15) is 5.11 Å². The topological polar surface area (TPSA) is 45.2 Å². The molecule has 1 fully saturated rings. The highest BCUT2D eigenvalue weighted by atomic mass is 32.1. The van der Waals surface area contributed by atoms with Crippen molar-refractivity contribution in [3.8, 4) is 5.75 Å². The Labute approximate surface area is 166 Å². The minimum Gasteiger partial charge on any atom is -0.491 e. The summed E-state index contributed by atoms with van der Waals surface area (Å²) in [6.45, 7) is 9.33. The van der Waals surface area contributed by atoms with Crippen molar-refractivity contribution < 1.29 is 14.6 Å². The zero-order valence-electron chi connectivity index (χ0n) is 16.0. The third kappa shape index (κ3) is 6.90. The van der Waals surface area contributed by atoms with Gasteiger partial charge in [0.05, 0.1) is 13.2 Å². The van der Waals surface area contributed by atoms with Crippen LogP contribution in [-0.4, -0.2) is 73.6 Å². The maximum atomic E-state index is 10.5. The van der Waals surface area contributed by atoms with Gasteiger partial charge < -0.3 is 14.6 Å². The normalized spacial score (nSPS) is 16.6. The number of thiophene rings is 1. The number of para-hydroxylation sites is 1. The highest BCUT2D eigenvalue weighted by Crippen LogP contribution is 2.16. The molecule has 1 unspecified atom stereocenters. The van der Waals surface area contributed by atoms with Gasteiger partial charge in [-0.25, -0.2) is 0 Å². The molecule has 0 spiro atoms. The number of aliphatic hydroxyl groups excluding tert-OH is 1. The number of benzene rings is 1. The fourth-order valence-corrected chi connectivity index (χ4v) is 3.90. The largest absolute Gasteiger partial charge is 0.491 e. The van der Waals surface area contributed by atoms with E-state index in [1.54, 1.807) is 11.3 Å². The van der Waals surface area contributed by atoms with Gasteiger partial charge in [-0.05, 0) is 40.9 Å². The molecule has 1 aromatic carbocycles. The first-order valence-corrected chi connectivity index (χ1v) is 10.5. The van der Waals surface area contributed by atoms with Crippen LogP contribution in [0.25, 0.3) is 0 Å². The molecule has 1 atom stereocenters. The van der Waals surface area contributed by atoms with E-state index >= 15 is 0 Å². The van der Waals surface area contributed by atoms with Gasteiger partial charge in [0, 0.05) is 39.3 Å². The molecule has 0 amide bonds. The van der Waals surface area contributed by atoms with E-state index in [1.165, 1.54) is 5.56 Å².